The highest BCUT2D eigenvalue weighted by molar-refractivity contribution is 7.22. The normalized spacial score (nSPS) is 23.0. The van der Waals surface area contributed by atoms with Crippen LogP contribution in [-0.4, -0.2) is 91.3 Å². The molecule has 6 rings (SSSR count). The SMILES string of the molecule is C=Cc1ccc(C[C@H]2C(=O)N(Cc3cccc4sc(N)nc34)C[C@H]3N2C(=O)CN3N(C(=O)NCC2=CC(Cl)C(Cl)C=C2)C(C)C)cc1. The molecule has 2 saturated heterocycles. The van der Waals surface area contributed by atoms with Gasteiger partial charge in [0.25, 0.3) is 0 Å². The van der Waals surface area contributed by atoms with Gasteiger partial charge in [-0.1, -0.05) is 78.6 Å². The summed E-state index contributed by atoms with van der Waals surface area (Å²) < 4.78 is 0.940. The number of fused-ring (bicyclic) bond motifs is 2. The molecule has 4 amide bonds. The van der Waals surface area contributed by atoms with E-state index in [2.05, 4.69) is 16.9 Å². The minimum atomic E-state index is -0.765. The van der Waals surface area contributed by atoms with E-state index in [1.54, 1.807) is 32.0 Å². The molecule has 10 nitrogen and oxygen atoms in total. The number of allylic oxidation sites excluding steroid dienone is 2. The Balaban J connectivity index is 1.30. The molecule has 3 aromatic rings. The molecule has 13 heteroatoms. The second kappa shape index (κ2) is 13.7. The lowest BCUT2D eigenvalue weighted by Crippen LogP contribution is -2.66. The predicted octanol–water partition coefficient (Wildman–Crippen LogP) is 4.99. The van der Waals surface area contributed by atoms with Crippen LogP contribution in [0.2, 0.25) is 0 Å². The van der Waals surface area contributed by atoms with Crippen molar-refractivity contribution in [3.05, 3.63) is 89.5 Å². The minimum absolute atomic E-state index is 0.0399. The van der Waals surface area contributed by atoms with Crippen LogP contribution in [-0.2, 0) is 22.6 Å². The molecule has 3 N–H and O–H groups in total. The first-order chi connectivity index (χ1) is 22.5. The van der Waals surface area contributed by atoms with Crippen LogP contribution in [0.1, 0.15) is 30.5 Å². The average Bonchev–Trinajstić information content (AvgIpc) is 3.58. The summed E-state index contributed by atoms with van der Waals surface area (Å²) in [5.74, 6) is -0.367. The lowest BCUT2D eigenvalue weighted by Gasteiger charge is -2.47. The van der Waals surface area contributed by atoms with Gasteiger partial charge in [0, 0.05) is 25.6 Å². The maximum absolute atomic E-state index is 14.3. The number of rotatable bonds is 9. The van der Waals surface area contributed by atoms with E-state index in [1.807, 2.05) is 68.5 Å². The van der Waals surface area contributed by atoms with E-state index in [4.69, 9.17) is 28.9 Å². The number of hydrazine groups is 1. The number of hydrogen-bond donors (Lipinski definition) is 2. The van der Waals surface area contributed by atoms with Gasteiger partial charge in [-0.15, -0.1) is 23.2 Å². The van der Waals surface area contributed by atoms with Crippen LogP contribution >= 0.6 is 34.5 Å². The Bertz CT molecular complexity index is 1760. The summed E-state index contributed by atoms with van der Waals surface area (Å²) in [7, 11) is 0. The zero-order valence-corrected chi connectivity index (χ0v) is 28.5. The van der Waals surface area contributed by atoms with E-state index in [9.17, 15) is 14.4 Å². The van der Waals surface area contributed by atoms with Crippen LogP contribution in [0.3, 0.4) is 0 Å². The van der Waals surface area contributed by atoms with Crippen molar-refractivity contribution in [3.8, 4) is 0 Å². The van der Waals surface area contributed by atoms with Crippen molar-refractivity contribution in [2.45, 2.75) is 55.8 Å². The number of halogens is 2. The molecule has 0 radical (unpaired) electrons. The van der Waals surface area contributed by atoms with Gasteiger partial charge in [-0.05, 0) is 42.2 Å². The Morgan fingerprint density at radius 1 is 1.19 bits per heavy atom. The first-order valence-corrected chi connectivity index (χ1v) is 17.2. The number of carbonyl (C=O) groups is 3. The lowest BCUT2D eigenvalue weighted by molar-refractivity contribution is -0.158. The van der Waals surface area contributed by atoms with E-state index in [0.29, 0.717) is 11.6 Å². The number of para-hydroxylation sites is 1. The van der Waals surface area contributed by atoms with Gasteiger partial charge in [0.1, 0.15) is 12.2 Å². The van der Waals surface area contributed by atoms with Crippen molar-refractivity contribution in [2.75, 3.05) is 25.4 Å². The summed E-state index contributed by atoms with van der Waals surface area (Å²) in [6.07, 6.45) is 7.00. The fourth-order valence-electron chi connectivity index (χ4n) is 6.43. The number of piperazine rings is 1. The fourth-order valence-corrected chi connectivity index (χ4v) is 7.60. The molecular weight excluding hydrogens is 657 g/mol. The molecule has 1 aromatic heterocycles. The molecule has 2 aromatic carbocycles. The molecule has 246 valence electrons. The highest BCUT2D eigenvalue weighted by atomic mass is 35.5. The molecule has 1 aliphatic carbocycles. The van der Waals surface area contributed by atoms with Crippen LogP contribution < -0.4 is 11.1 Å². The number of nitrogens with two attached hydrogens (primary N) is 1. The molecular formula is C34H37Cl2N7O3S. The van der Waals surface area contributed by atoms with Crippen LogP contribution in [0.5, 0.6) is 0 Å². The summed E-state index contributed by atoms with van der Waals surface area (Å²) in [5.41, 5.74) is 10.4. The Hall–Kier alpha value is -3.90. The molecule has 4 atom stereocenters. The molecule has 3 heterocycles. The third kappa shape index (κ3) is 6.76. The molecule has 0 bridgehead atoms. The van der Waals surface area contributed by atoms with E-state index in [0.717, 1.165) is 32.5 Å². The number of nitrogens with one attached hydrogen (secondary N) is 1. The van der Waals surface area contributed by atoms with Gasteiger partial charge in [-0.3, -0.25) is 14.6 Å². The molecule has 3 aliphatic rings. The minimum Gasteiger partial charge on any atom is -0.375 e. The van der Waals surface area contributed by atoms with E-state index < -0.39 is 12.2 Å². The van der Waals surface area contributed by atoms with Gasteiger partial charge < -0.3 is 20.9 Å². The Kier molecular flexibility index (Phi) is 9.61. The monoisotopic (exact) mass is 693 g/mol. The topological polar surface area (TPSA) is 115 Å². The van der Waals surface area contributed by atoms with Gasteiger partial charge in [-0.2, -0.15) is 5.01 Å². The van der Waals surface area contributed by atoms with Crippen molar-refractivity contribution >= 4 is 73.8 Å². The number of alkyl halides is 2. The zero-order chi connectivity index (χ0) is 33.4. The third-order valence-electron chi connectivity index (χ3n) is 8.68. The highest BCUT2D eigenvalue weighted by Gasteiger charge is 2.52. The first kappa shape index (κ1) is 33.0. The Labute approximate surface area is 288 Å². The number of amides is 4. The van der Waals surface area contributed by atoms with Crippen molar-refractivity contribution in [3.63, 3.8) is 0 Å². The van der Waals surface area contributed by atoms with Gasteiger partial charge in [-0.25, -0.2) is 9.78 Å². The number of carbonyl (C=O) groups excluding carboxylic acids is 3. The third-order valence-corrected chi connectivity index (χ3v) is 10.5. The summed E-state index contributed by atoms with van der Waals surface area (Å²) in [5, 5.41) is 6.14. The van der Waals surface area contributed by atoms with Crippen molar-refractivity contribution in [1.29, 1.82) is 0 Å². The molecule has 47 heavy (non-hydrogen) atoms. The first-order valence-electron chi connectivity index (χ1n) is 15.5. The highest BCUT2D eigenvalue weighted by Crippen LogP contribution is 2.33. The maximum atomic E-state index is 14.3. The second-order valence-corrected chi connectivity index (χ2v) is 14.2. The van der Waals surface area contributed by atoms with E-state index in [1.165, 1.54) is 11.3 Å². The second-order valence-electron chi connectivity index (χ2n) is 12.2. The molecule has 2 unspecified atom stereocenters. The van der Waals surface area contributed by atoms with E-state index >= 15 is 0 Å². The Morgan fingerprint density at radius 2 is 1.96 bits per heavy atom. The number of nitrogens with zero attached hydrogens (tertiary/aromatic N) is 5. The van der Waals surface area contributed by atoms with Gasteiger partial charge >= 0.3 is 6.03 Å². The zero-order valence-electron chi connectivity index (χ0n) is 26.2. The quantitative estimate of drug-likeness (QED) is 0.305. The average molecular weight is 695 g/mol. The molecule has 0 spiro atoms. The Morgan fingerprint density at radius 3 is 2.66 bits per heavy atom. The van der Waals surface area contributed by atoms with Gasteiger partial charge in [0.05, 0.1) is 34.1 Å². The summed E-state index contributed by atoms with van der Waals surface area (Å²) >= 11 is 13.9. The van der Waals surface area contributed by atoms with Crippen LogP contribution in [0.25, 0.3) is 16.3 Å². The largest absolute Gasteiger partial charge is 0.375 e. The van der Waals surface area contributed by atoms with Crippen molar-refractivity contribution in [1.82, 2.24) is 30.1 Å². The van der Waals surface area contributed by atoms with Gasteiger partial charge in [0.15, 0.2) is 5.13 Å². The maximum Gasteiger partial charge on any atom is 0.332 e. The lowest BCUT2D eigenvalue weighted by atomic mass is 9.99. The van der Waals surface area contributed by atoms with Gasteiger partial charge in [0.2, 0.25) is 11.8 Å². The standard InChI is InChI=1S/C34H37Cl2N7O3S/c1-4-21-8-10-22(11-9-21)15-27-32(45)40(17-24-6-5-7-28-31(24)39-33(37)47-28)18-29-41(19-30(44)42(27)29)43(20(2)3)34(46)38-16-23-12-13-25(35)26(36)14-23/h4-14,20,25-27,29H,1,15-19H2,2-3H3,(H2,37,39)(H,38,46)/t25?,26?,27-,29+/m0/s1. The molecule has 0 saturated carbocycles. The smallest absolute Gasteiger partial charge is 0.332 e. The van der Waals surface area contributed by atoms with Crippen LogP contribution in [0.15, 0.2) is 72.8 Å². The number of anilines is 1. The number of hydrogen-bond acceptors (Lipinski definition) is 7. The number of nitrogen functional groups attached to an aromatic ring is 1. The number of benzene rings is 2. The van der Waals surface area contributed by atoms with Crippen LogP contribution in [0, 0.1) is 0 Å². The van der Waals surface area contributed by atoms with Crippen molar-refractivity contribution in [2.24, 2.45) is 0 Å². The van der Waals surface area contributed by atoms with Crippen LogP contribution in [0.4, 0.5) is 9.93 Å². The van der Waals surface area contributed by atoms with E-state index in [-0.39, 0.29) is 60.8 Å². The fraction of sp³-hybridized carbons (Fsp3) is 0.353. The number of urea groups is 1. The summed E-state index contributed by atoms with van der Waals surface area (Å²) in [4.78, 5) is 49.8. The number of aromatic nitrogens is 1. The number of thiazole rings is 1. The molecule has 2 fully saturated rings. The summed E-state index contributed by atoms with van der Waals surface area (Å²) in [6, 6.07) is 12.2. The molecule has 2 aliphatic heterocycles. The summed E-state index contributed by atoms with van der Waals surface area (Å²) in [6.45, 7) is 8.33. The van der Waals surface area contributed by atoms with Crippen molar-refractivity contribution < 1.29 is 14.4 Å². The predicted molar refractivity (Wildman–Crippen MR) is 188 cm³/mol.